The predicted molar refractivity (Wildman–Crippen MR) is 101 cm³/mol. The minimum Gasteiger partial charge on any atom is -0.497 e. The van der Waals surface area contributed by atoms with E-state index in [4.69, 9.17) is 9.47 Å². The quantitative estimate of drug-likeness (QED) is 0.839. The third-order valence-corrected chi connectivity index (χ3v) is 4.77. The number of ether oxygens (including phenoxy) is 2. The van der Waals surface area contributed by atoms with Gasteiger partial charge in [-0.3, -0.25) is 4.90 Å². The van der Waals surface area contributed by atoms with E-state index in [1.54, 1.807) is 7.11 Å². The summed E-state index contributed by atoms with van der Waals surface area (Å²) in [5.74, 6) is 0.900. The maximum absolute atomic E-state index is 5.53. The van der Waals surface area contributed by atoms with E-state index in [1.807, 2.05) is 12.1 Å². The summed E-state index contributed by atoms with van der Waals surface area (Å²) < 4.78 is 10.8. The van der Waals surface area contributed by atoms with E-state index in [-0.39, 0.29) is 0 Å². The normalized spacial score (nSPS) is 16.6. The highest BCUT2D eigenvalue weighted by Crippen LogP contribution is 2.23. The molecule has 3 rings (SSSR count). The molecule has 0 amide bonds. The summed E-state index contributed by atoms with van der Waals surface area (Å²) in [6, 6.07) is 17.5. The van der Waals surface area contributed by atoms with Crippen molar-refractivity contribution in [3.05, 3.63) is 65.2 Å². The van der Waals surface area contributed by atoms with Gasteiger partial charge in [-0.05, 0) is 30.2 Å². The number of hydrogen-bond acceptors (Lipinski definition) is 4. The maximum atomic E-state index is 5.53. The zero-order valence-corrected chi connectivity index (χ0v) is 15.2. The fraction of sp³-hybridized carbons (Fsp3) is 0.429. The molecule has 1 aliphatic heterocycles. The Kier molecular flexibility index (Phi) is 6.45. The molecule has 2 aromatic rings. The van der Waals surface area contributed by atoms with Gasteiger partial charge < -0.3 is 14.8 Å². The molecule has 0 aromatic heterocycles. The van der Waals surface area contributed by atoms with Crippen LogP contribution >= 0.6 is 0 Å². The van der Waals surface area contributed by atoms with Gasteiger partial charge in [0.15, 0.2) is 0 Å². The first-order valence-electron chi connectivity index (χ1n) is 8.98. The first-order valence-corrected chi connectivity index (χ1v) is 8.98. The number of methoxy groups -OCH3 is 1. The van der Waals surface area contributed by atoms with Crippen LogP contribution in [0.2, 0.25) is 0 Å². The van der Waals surface area contributed by atoms with E-state index in [1.165, 1.54) is 16.7 Å². The molecule has 1 heterocycles. The fourth-order valence-corrected chi connectivity index (χ4v) is 3.23. The highest BCUT2D eigenvalue weighted by Gasteiger charge is 2.22. The Bertz CT molecular complexity index is 634. The summed E-state index contributed by atoms with van der Waals surface area (Å²) in [5.41, 5.74) is 3.94. The van der Waals surface area contributed by atoms with Crippen molar-refractivity contribution < 1.29 is 9.47 Å². The molecule has 134 valence electrons. The van der Waals surface area contributed by atoms with E-state index < -0.39 is 0 Å². The number of nitrogens with one attached hydrogen (secondary N) is 1. The van der Waals surface area contributed by atoms with Crippen LogP contribution < -0.4 is 10.1 Å². The maximum Gasteiger partial charge on any atom is 0.118 e. The molecule has 0 radical (unpaired) electrons. The molecule has 1 aliphatic rings. The Hall–Kier alpha value is -1.88. The van der Waals surface area contributed by atoms with Gasteiger partial charge in [0.2, 0.25) is 0 Å². The first kappa shape index (κ1) is 17.9. The summed E-state index contributed by atoms with van der Waals surface area (Å²) >= 11 is 0. The lowest BCUT2D eigenvalue weighted by molar-refractivity contribution is 0.0161. The Labute approximate surface area is 150 Å². The lowest BCUT2D eigenvalue weighted by Crippen LogP contribution is -2.42. The van der Waals surface area contributed by atoms with Gasteiger partial charge in [-0.15, -0.1) is 0 Å². The molecule has 25 heavy (non-hydrogen) atoms. The van der Waals surface area contributed by atoms with Crippen molar-refractivity contribution in [2.45, 2.75) is 19.5 Å². The molecule has 1 unspecified atom stereocenters. The van der Waals surface area contributed by atoms with Crippen LogP contribution in [-0.2, 0) is 11.3 Å². The zero-order valence-electron chi connectivity index (χ0n) is 15.2. The Morgan fingerprint density at radius 2 is 1.72 bits per heavy atom. The molecule has 1 fully saturated rings. The Morgan fingerprint density at radius 1 is 1.04 bits per heavy atom. The van der Waals surface area contributed by atoms with Crippen molar-refractivity contribution in [1.29, 1.82) is 0 Å². The summed E-state index contributed by atoms with van der Waals surface area (Å²) in [4.78, 5) is 2.51. The third-order valence-electron chi connectivity index (χ3n) is 4.77. The number of morpholine rings is 1. The highest BCUT2D eigenvalue weighted by atomic mass is 16.5. The van der Waals surface area contributed by atoms with Crippen LogP contribution in [0.25, 0.3) is 0 Å². The topological polar surface area (TPSA) is 33.7 Å². The molecular weight excluding hydrogens is 312 g/mol. The molecule has 1 N–H and O–H groups in total. The molecular formula is C21H28N2O2. The van der Waals surface area contributed by atoms with Crippen molar-refractivity contribution in [1.82, 2.24) is 10.2 Å². The number of benzene rings is 2. The summed E-state index contributed by atoms with van der Waals surface area (Å²) in [6.07, 6.45) is 0. The van der Waals surface area contributed by atoms with Gasteiger partial charge >= 0.3 is 0 Å². The number of aryl methyl sites for hydroxylation is 1. The van der Waals surface area contributed by atoms with Crippen LogP contribution in [0.4, 0.5) is 0 Å². The Morgan fingerprint density at radius 3 is 2.36 bits per heavy atom. The fourth-order valence-electron chi connectivity index (χ4n) is 3.23. The van der Waals surface area contributed by atoms with Gasteiger partial charge in [-0.1, -0.05) is 42.0 Å². The SMILES string of the molecule is COc1ccc(C(CNCc2ccc(C)cc2)N2CCOCC2)cc1. The van der Waals surface area contributed by atoms with E-state index >= 15 is 0 Å². The molecule has 1 atom stereocenters. The van der Waals surface area contributed by atoms with Crippen LogP contribution in [0.5, 0.6) is 5.75 Å². The van der Waals surface area contributed by atoms with Gasteiger partial charge in [-0.2, -0.15) is 0 Å². The first-order chi connectivity index (χ1) is 12.3. The lowest BCUT2D eigenvalue weighted by Gasteiger charge is -2.35. The van der Waals surface area contributed by atoms with Crippen LogP contribution in [0.15, 0.2) is 48.5 Å². The van der Waals surface area contributed by atoms with Crippen LogP contribution in [0, 0.1) is 6.92 Å². The average molecular weight is 340 g/mol. The number of nitrogens with zero attached hydrogens (tertiary/aromatic N) is 1. The second-order valence-electron chi connectivity index (χ2n) is 6.55. The van der Waals surface area contributed by atoms with E-state index in [9.17, 15) is 0 Å². The minimum absolute atomic E-state index is 0.347. The van der Waals surface area contributed by atoms with Gasteiger partial charge in [0.25, 0.3) is 0 Å². The molecule has 0 bridgehead atoms. The Balaban J connectivity index is 1.65. The molecule has 0 saturated carbocycles. The van der Waals surface area contributed by atoms with Gasteiger partial charge in [0.1, 0.15) is 5.75 Å². The molecule has 0 aliphatic carbocycles. The average Bonchev–Trinajstić information content (AvgIpc) is 2.67. The van der Waals surface area contributed by atoms with Gasteiger partial charge in [0.05, 0.1) is 20.3 Å². The zero-order chi connectivity index (χ0) is 17.5. The smallest absolute Gasteiger partial charge is 0.118 e. The van der Waals surface area contributed by atoms with Crippen LogP contribution in [0.3, 0.4) is 0 Å². The predicted octanol–water partition coefficient (Wildman–Crippen LogP) is 3.17. The second-order valence-corrected chi connectivity index (χ2v) is 6.55. The third kappa shape index (κ3) is 5.05. The van der Waals surface area contributed by atoms with Gasteiger partial charge in [-0.25, -0.2) is 0 Å². The summed E-state index contributed by atoms with van der Waals surface area (Å²) in [5, 5.41) is 3.63. The summed E-state index contributed by atoms with van der Waals surface area (Å²) in [6.45, 7) is 7.49. The molecule has 4 heteroatoms. The van der Waals surface area contributed by atoms with E-state index in [0.717, 1.165) is 45.1 Å². The van der Waals surface area contributed by atoms with Crippen molar-refractivity contribution in [3.63, 3.8) is 0 Å². The van der Waals surface area contributed by atoms with Crippen LogP contribution in [-0.4, -0.2) is 44.9 Å². The lowest BCUT2D eigenvalue weighted by atomic mass is 10.0. The van der Waals surface area contributed by atoms with Crippen molar-refractivity contribution >= 4 is 0 Å². The van der Waals surface area contributed by atoms with Crippen molar-refractivity contribution in [3.8, 4) is 5.75 Å². The van der Waals surface area contributed by atoms with Crippen LogP contribution in [0.1, 0.15) is 22.7 Å². The van der Waals surface area contributed by atoms with Crippen molar-refractivity contribution in [2.75, 3.05) is 40.0 Å². The van der Waals surface area contributed by atoms with Gasteiger partial charge in [0, 0.05) is 32.2 Å². The standard InChI is InChI=1S/C21H28N2O2/c1-17-3-5-18(6-4-17)15-22-16-21(23-11-13-25-14-12-23)19-7-9-20(24-2)10-8-19/h3-10,21-22H,11-16H2,1-2H3. The largest absolute Gasteiger partial charge is 0.497 e. The summed E-state index contributed by atoms with van der Waals surface area (Å²) in [7, 11) is 1.71. The number of hydrogen-bond donors (Lipinski definition) is 1. The highest BCUT2D eigenvalue weighted by molar-refractivity contribution is 5.29. The van der Waals surface area contributed by atoms with E-state index in [0.29, 0.717) is 6.04 Å². The second kappa shape index (κ2) is 8.99. The molecule has 2 aromatic carbocycles. The van der Waals surface area contributed by atoms with Crippen molar-refractivity contribution in [2.24, 2.45) is 0 Å². The minimum atomic E-state index is 0.347. The molecule has 4 nitrogen and oxygen atoms in total. The molecule has 1 saturated heterocycles. The number of rotatable bonds is 7. The van der Waals surface area contributed by atoms with E-state index in [2.05, 4.69) is 53.5 Å². The monoisotopic (exact) mass is 340 g/mol. The molecule has 0 spiro atoms.